The van der Waals surface area contributed by atoms with Gasteiger partial charge in [0, 0.05) is 32.3 Å². The van der Waals surface area contributed by atoms with Crippen LogP contribution in [-0.2, 0) is 14.9 Å². The Hall–Kier alpha value is -0.210. The van der Waals surface area contributed by atoms with Crippen molar-refractivity contribution in [3.8, 4) is 0 Å². The van der Waals surface area contributed by atoms with Crippen LogP contribution in [0.4, 0.5) is 0 Å². The molecule has 1 aliphatic heterocycles. The second-order valence-electron chi connectivity index (χ2n) is 5.34. The molecule has 112 valence electrons. The molecule has 19 heavy (non-hydrogen) atoms. The number of nitrogens with zero attached hydrogens (tertiary/aromatic N) is 1. The fourth-order valence-electron chi connectivity index (χ4n) is 2.46. The number of rotatable bonds is 8. The fourth-order valence-corrected chi connectivity index (χ4v) is 3.95. The Labute approximate surface area is 116 Å². The van der Waals surface area contributed by atoms with E-state index < -0.39 is 10.2 Å². The maximum absolute atomic E-state index is 12.3. The molecule has 1 saturated heterocycles. The van der Waals surface area contributed by atoms with E-state index >= 15 is 0 Å². The van der Waals surface area contributed by atoms with E-state index in [0.29, 0.717) is 25.7 Å². The van der Waals surface area contributed by atoms with Crippen molar-refractivity contribution in [3.63, 3.8) is 0 Å². The predicted octanol–water partition coefficient (Wildman–Crippen LogP) is 0.0737. The SMILES string of the molecule is COCCNS(=O)(=O)N(CC1CCCCN1)C1CC1. The lowest BCUT2D eigenvalue weighted by Crippen LogP contribution is -2.50. The molecule has 0 spiro atoms. The van der Waals surface area contributed by atoms with Gasteiger partial charge in [-0.3, -0.25) is 0 Å². The molecule has 1 heterocycles. The molecule has 1 atom stereocenters. The topological polar surface area (TPSA) is 70.7 Å². The molecule has 0 radical (unpaired) electrons. The number of methoxy groups -OCH3 is 1. The lowest BCUT2D eigenvalue weighted by Gasteiger charge is -2.30. The summed E-state index contributed by atoms with van der Waals surface area (Å²) in [5.74, 6) is 0. The van der Waals surface area contributed by atoms with Crippen molar-refractivity contribution in [1.29, 1.82) is 0 Å². The van der Waals surface area contributed by atoms with Gasteiger partial charge in [-0.15, -0.1) is 0 Å². The third-order valence-electron chi connectivity index (χ3n) is 3.67. The molecule has 1 aliphatic carbocycles. The van der Waals surface area contributed by atoms with Crippen molar-refractivity contribution in [2.75, 3.05) is 33.4 Å². The molecule has 0 amide bonds. The summed E-state index contributed by atoms with van der Waals surface area (Å²) in [6.45, 7) is 2.33. The monoisotopic (exact) mass is 291 g/mol. The van der Waals surface area contributed by atoms with E-state index in [1.54, 1.807) is 11.4 Å². The smallest absolute Gasteiger partial charge is 0.279 e. The van der Waals surface area contributed by atoms with Gasteiger partial charge < -0.3 is 10.1 Å². The quantitative estimate of drug-likeness (QED) is 0.621. The molecule has 0 bridgehead atoms. The number of ether oxygens (including phenoxy) is 1. The van der Waals surface area contributed by atoms with Crippen molar-refractivity contribution in [1.82, 2.24) is 14.3 Å². The summed E-state index contributed by atoms with van der Waals surface area (Å²) < 4.78 is 33.7. The van der Waals surface area contributed by atoms with Gasteiger partial charge in [0.2, 0.25) is 0 Å². The molecule has 0 aromatic heterocycles. The Balaban J connectivity index is 1.90. The van der Waals surface area contributed by atoms with Crippen LogP contribution in [0.2, 0.25) is 0 Å². The van der Waals surface area contributed by atoms with E-state index in [2.05, 4.69) is 10.0 Å². The van der Waals surface area contributed by atoms with Crippen molar-refractivity contribution in [3.05, 3.63) is 0 Å². The zero-order valence-corrected chi connectivity index (χ0v) is 12.4. The van der Waals surface area contributed by atoms with Crippen LogP contribution >= 0.6 is 0 Å². The Bertz CT molecular complexity index is 364. The number of hydrogen-bond donors (Lipinski definition) is 2. The van der Waals surface area contributed by atoms with Gasteiger partial charge >= 0.3 is 0 Å². The molecule has 2 fully saturated rings. The van der Waals surface area contributed by atoms with E-state index in [1.807, 2.05) is 0 Å². The average molecular weight is 291 g/mol. The van der Waals surface area contributed by atoms with E-state index in [0.717, 1.165) is 25.8 Å². The normalized spacial score (nSPS) is 24.8. The van der Waals surface area contributed by atoms with Gasteiger partial charge in [-0.1, -0.05) is 6.42 Å². The molecule has 2 aliphatic rings. The summed E-state index contributed by atoms with van der Waals surface area (Å²) in [4.78, 5) is 0. The molecular formula is C12H25N3O3S. The van der Waals surface area contributed by atoms with Gasteiger partial charge in [-0.05, 0) is 32.2 Å². The molecule has 1 saturated carbocycles. The van der Waals surface area contributed by atoms with E-state index in [9.17, 15) is 8.42 Å². The number of piperidine rings is 1. The van der Waals surface area contributed by atoms with Crippen LogP contribution in [0.5, 0.6) is 0 Å². The highest BCUT2D eigenvalue weighted by molar-refractivity contribution is 7.87. The molecular weight excluding hydrogens is 266 g/mol. The number of nitrogens with one attached hydrogen (secondary N) is 2. The zero-order valence-electron chi connectivity index (χ0n) is 11.6. The average Bonchev–Trinajstić information content (AvgIpc) is 3.21. The Kier molecular flexibility index (Phi) is 5.58. The highest BCUT2D eigenvalue weighted by Crippen LogP contribution is 2.29. The molecule has 7 heteroatoms. The third-order valence-corrected chi connectivity index (χ3v) is 5.30. The first-order valence-corrected chi connectivity index (χ1v) is 8.56. The first-order chi connectivity index (χ1) is 9.13. The van der Waals surface area contributed by atoms with Crippen LogP contribution in [-0.4, -0.2) is 58.2 Å². The van der Waals surface area contributed by atoms with Crippen molar-refractivity contribution in [2.45, 2.75) is 44.2 Å². The van der Waals surface area contributed by atoms with Gasteiger partial charge in [0.25, 0.3) is 10.2 Å². The Morgan fingerprint density at radius 1 is 1.32 bits per heavy atom. The Morgan fingerprint density at radius 2 is 2.11 bits per heavy atom. The lowest BCUT2D eigenvalue weighted by atomic mass is 10.1. The van der Waals surface area contributed by atoms with Crippen LogP contribution in [0.3, 0.4) is 0 Å². The zero-order chi connectivity index (χ0) is 13.7. The maximum Gasteiger partial charge on any atom is 0.279 e. The van der Waals surface area contributed by atoms with Gasteiger partial charge in [-0.25, -0.2) is 0 Å². The van der Waals surface area contributed by atoms with Gasteiger partial charge in [0.15, 0.2) is 0 Å². The summed E-state index contributed by atoms with van der Waals surface area (Å²) in [5, 5.41) is 3.41. The van der Waals surface area contributed by atoms with Crippen LogP contribution in [0.1, 0.15) is 32.1 Å². The molecule has 1 unspecified atom stereocenters. The highest BCUT2D eigenvalue weighted by Gasteiger charge is 2.38. The van der Waals surface area contributed by atoms with Crippen molar-refractivity contribution >= 4 is 10.2 Å². The molecule has 2 N–H and O–H groups in total. The second-order valence-corrected chi connectivity index (χ2v) is 7.05. The summed E-state index contributed by atoms with van der Waals surface area (Å²) in [6.07, 6.45) is 5.42. The van der Waals surface area contributed by atoms with Gasteiger partial charge in [-0.2, -0.15) is 17.4 Å². The van der Waals surface area contributed by atoms with E-state index in [4.69, 9.17) is 4.74 Å². The maximum atomic E-state index is 12.3. The minimum atomic E-state index is -3.37. The summed E-state index contributed by atoms with van der Waals surface area (Å²) in [5.41, 5.74) is 0. The van der Waals surface area contributed by atoms with Crippen LogP contribution in [0, 0.1) is 0 Å². The van der Waals surface area contributed by atoms with Crippen LogP contribution in [0.15, 0.2) is 0 Å². The van der Waals surface area contributed by atoms with Crippen molar-refractivity contribution < 1.29 is 13.2 Å². The number of hydrogen-bond acceptors (Lipinski definition) is 4. The highest BCUT2D eigenvalue weighted by atomic mass is 32.2. The Morgan fingerprint density at radius 3 is 2.68 bits per heavy atom. The van der Waals surface area contributed by atoms with Crippen LogP contribution in [0.25, 0.3) is 0 Å². The summed E-state index contributed by atoms with van der Waals surface area (Å²) in [7, 11) is -1.80. The first kappa shape index (κ1) is 15.2. The van der Waals surface area contributed by atoms with E-state index in [-0.39, 0.29) is 6.04 Å². The molecule has 0 aromatic carbocycles. The van der Waals surface area contributed by atoms with Crippen molar-refractivity contribution in [2.24, 2.45) is 0 Å². The standard InChI is InChI=1S/C12H25N3O3S/c1-18-9-8-14-19(16,17)15(12-5-6-12)10-11-4-2-3-7-13-11/h11-14H,2-10H2,1H3. The molecule has 6 nitrogen and oxygen atoms in total. The van der Waals surface area contributed by atoms with Crippen LogP contribution < -0.4 is 10.0 Å². The minimum absolute atomic E-state index is 0.198. The first-order valence-electron chi connectivity index (χ1n) is 7.12. The lowest BCUT2D eigenvalue weighted by molar-refractivity contribution is 0.203. The van der Waals surface area contributed by atoms with Gasteiger partial charge in [0.1, 0.15) is 0 Å². The predicted molar refractivity (Wildman–Crippen MR) is 74.2 cm³/mol. The minimum Gasteiger partial charge on any atom is -0.383 e. The van der Waals surface area contributed by atoms with E-state index in [1.165, 1.54) is 12.8 Å². The molecule has 2 rings (SSSR count). The fraction of sp³-hybridized carbons (Fsp3) is 1.00. The largest absolute Gasteiger partial charge is 0.383 e. The van der Waals surface area contributed by atoms with Gasteiger partial charge in [0.05, 0.1) is 6.61 Å². The molecule has 0 aromatic rings. The third kappa shape index (κ3) is 4.68. The second kappa shape index (κ2) is 6.99. The summed E-state index contributed by atoms with van der Waals surface area (Å²) >= 11 is 0. The summed E-state index contributed by atoms with van der Waals surface area (Å²) in [6, 6.07) is 0.497.